The highest BCUT2D eigenvalue weighted by Crippen LogP contribution is 2.26. The van der Waals surface area contributed by atoms with E-state index in [4.69, 9.17) is 5.26 Å². The summed E-state index contributed by atoms with van der Waals surface area (Å²) in [6.07, 6.45) is 2.78. The van der Waals surface area contributed by atoms with Crippen LogP contribution in [0.15, 0.2) is 30.3 Å². The van der Waals surface area contributed by atoms with Gasteiger partial charge in [0, 0.05) is 17.5 Å². The summed E-state index contributed by atoms with van der Waals surface area (Å²) in [7, 11) is 0. The number of hydrogen-bond donors (Lipinski definition) is 0. The molecule has 78 valence electrons. The van der Waals surface area contributed by atoms with E-state index in [0.29, 0.717) is 0 Å². The van der Waals surface area contributed by atoms with Crippen molar-refractivity contribution in [3.8, 4) is 6.07 Å². The average Bonchev–Trinajstić information content (AvgIpc) is 2.35. The monoisotopic (exact) mass is 208 g/mol. The van der Waals surface area contributed by atoms with Crippen LogP contribution < -0.4 is 0 Å². The third-order valence-electron chi connectivity index (χ3n) is 3.28. The molecule has 0 aliphatic heterocycles. The fourth-order valence-electron chi connectivity index (χ4n) is 2.37. The van der Waals surface area contributed by atoms with E-state index in [0.717, 1.165) is 30.5 Å². The van der Waals surface area contributed by atoms with Crippen LogP contribution in [0.3, 0.4) is 0 Å². The molecule has 0 amide bonds. The summed E-state index contributed by atoms with van der Waals surface area (Å²) in [5, 5.41) is 10.2. The van der Waals surface area contributed by atoms with Gasteiger partial charge in [-0.25, -0.2) is 0 Å². The minimum absolute atomic E-state index is 0.154. The van der Waals surface area contributed by atoms with Crippen molar-refractivity contribution in [2.24, 2.45) is 5.92 Å². The molecule has 2 heteroatoms. The van der Waals surface area contributed by atoms with Gasteiger partial charge >= 0.3 is 0 Å². The average molecular weight is 208 g/mol. The summed E-state index contributed by atoms with van der Waals surface area (Å²) in [6, 6.07) is 12.8. The smallest absolute Gasteiger partial charge is 0.0705 e. The fraction of sp³-hybridized carbons (Fsp3) is 0.286. The molecule has 0 saturated carbocycles. The van der Waals surface area contributed by atoms with Crippen molar-refractivity contribution >= 4 is 10.9 Å². The van der Waals surface area contributed by atoms with E-state index in [9.17, 15) is 0 Å². The zero-order valence-electron chi connectivity index (χ0n) is 8.98. The SMILES string of the molecule is N#CC1CCc2cc3ccccc3nc2C1. The van der Waals surface area contributed by atoms with Crippen molar-refractivity contribution in [1.29, 1.82) is 5.26 Å². The molecule has 0 bridgehead atoms. The van der Waals surface area contributed by atoms with Crippen LogP contribution in [-0.4, -0.2) is 4.98 Å². The molecule has 1 atom stereocenters. The highest BCUT2D eigenvalue weighted by molar-refractivity contribution is 5.79. The zero-order valence-corrected chi connectivity index (χ0v) is 8.98. The summed E-state index contributed by atoms with van der Waals surface area (Å²) in [6.45, 7) is 0. The highest BCUT2D eigenvalue weighted by Gasteiger charge is 2.19. The second kappa shape index (κ2) is 3.61. The van der Waals surface area contributed by atoms with Gasteiger partial charge in [0.1, 0.15) is 0 Å². The molecule has 0 N–H and O–H groups in total. The number of rotatable bonds is 0. The summed E-state index contributed by atoms with van der Waals surface area (Å²) < 4.78 is 0. The molecule has 1 aromatic carbocycles. The van der Waals surface area contributed by atoms with Gasteiger partial charge in [0.25, 0.3) is 0 Å². The van der Waals surface area contributed by atoms with Crippen LogP contribution in [0.5, 0.6) is 0 Å². The Hall–Kier alpha value is -1.88. The highest BCUT2D eigenvalue weighted by atomic mass is 14.7. The first kappa shape index (κ1) is 9.35. The fourth-order valence-corrected chi connectivity index (χ4v) is 2.37. The number of nitrogens with zero attached hydrogens (tertiary/aromatic N) is 2. The van der Waals surface area contributed by atoms with Crippen molar-refractivity contribution in [2.75, 3.05) is 0 Å². The molecular weight excluding hydrogens is 196 g/mol. The topological polar surface area (TPSA) is 36.7 Å². The van der Waals surface area contributed by atoms with Crippen molar-refractivity contribution in [3.63, 3.8) is 0 Å². The Bertz CT molecular complexity index is 581. The van der Waals surface area contributed by atoms with E-state index in [1.165, 1.54) is 10.9 Å². The third kappa shape index (κ3) is 1.45. The Morgan fingerprint density at radius 2 is 2.19 bits per heavy atom. The zero-order chi connectivity index (χ0) is 11.0. The van der Waals surface area contributed by atoms with Crippen LogP contribution in [0.2, 0.25) is 0 Å². The first-order valence-electron chi connectivity index (χ1n) is 5.64. The number of benzene rings is 1. The normalized spacial score (nSPS) is 19.1. The number of hydrogen-bond acceptors (Lipinski definition) is 2. The van der Waals surface area contributed by atoms with E-state index < -0.39 is 0 Å². The van der Waals surface area contributed by atoms with E-state index in [-0.39, 0.29) is 5.92 Å². The van der Waals surface area contributed by atoms with E-state index in [1.807, 2.05) is 18.2 Å². The van der Waals surface area contributed by atoms with Gasteiger partial charge in [-0.3, -0.25) is 4.98 Å². The Labute approximate surface area is 94.5 Å². The molecule has 0 radical (unpaired) electrons. The summed E-state index contributed by atoms with van der Waals surface area (Å²) in [5.74, 6) is 0.154. The number of aromatic nitrogens is 1. The van der Waals surface area contributed by atoms with Crippen molar-refractivity contribution in [2.45, 2.75) is 19.3 Å². The predicted molar refractivity (Wildman–Crippen MR) is 62.9 cm³/mol. The Morgan fingerprint density at radius 1 is 1.31 bits per heavy atom. The molecule has 0 fully saturated rings. The van der Waals surface area contributed by atoms with Gasteiger partial charge in [0.2, 0.25) is 0 Å². The molecule has 1 aliphatic carbocycles. The van der Waals surface area contributed by atoms with Crippen LogP contribution in [-0.2, 0) is 12.8 Å². The first-order chi connectivity index (χ1) is 7.86. The van der Waals surface area contributed by atoms with Gasteiger partial charge in [-0.1, -0.05) is 18.2 Å². The molecule has 1 unspecified atom stereocenters. The molecule has 2 nitrogen and oxygen atoms in total. The molecule has 16 heavy (non-hydrogen) atoms. The molecule has 3 rings (SSSR count). The minimum atomic E-state index is 0.154. The molecule has 1 aromatic heterocycles. The Morgan fingerprint density at radius 3 is 3.06 bits per heavy atom. The summed E-state index contributed by atoms with van der Waals surface area (Å²) >= 11 is 0. The van der Waals surface area contributed by atoms with Gasteiger partial charge < -0.3 is 0 Å². The summed E-state index contributed by atoms with van der Waals surface area (Å²) in [5.41, 5.74) is 3.49. The second-order valence-electron chi connectivity index (χ2n) is 4.36. The Kier molecular flexibility index (Phi) is 2.11. The standard InChI is InChI=1S/C14H12N2/c15-9-10-5-6-12-8-11-3-1-2-4-13(11)16-14(12)7-10/h1-4,8,10H,5-7H2. The number of para-hydroxylation sites is 1. The molecule has 0 spiro atoms. The molecule has 0 saturated heterocycles. The number of pyridine rings is 1. The third-order valence-corrected chi connectivity index (χ3v) is 3.28. The number of nitriles is 1. The van der Waals surface area contributed by atoms with Gasteiger partial charge in [-0.2, -0.15) is 5.26 Å². The van der Waals surface area contributed by atoms with Crippen molar-refractivity contribution in [1.82, 2.24) is 4.98 Å². The maximum atomic E-state index is 8.95. The van der Waals surface area contributed by atoms with E-state index in [1.54, 1.807) is 0 Å². The molecular formula is C14H12N2. The van der Waals surface area contributed by atoms with Gasteiger partial charge in [-0.05, 0) is 30.5 Å². The van der Waals surface area contributed by atoms with Gasteiger partial charge in [0.15, 0.2) is 0 Å². The lowest BCUT2D eigenvalue weighted by Crippen LogP contribution is -2.14. The number of fused-ring (bicyclic) bond motifs is 2. The van der Waals surface area contributed by atoms with Crippen LogP contribution in [0.1, 0.15) is 17.7 Å². The van der Waals surface area contributed by atoms with Crippen molar-refractivity contribution < 1.29 is 0 Å². The second-order valence-corrected chi connectivity index (χ2v) is 4.36. The van der Waals surface area contributed by atoms with Gasteiger partial charge in [-0.15, -0.1) is 0 Å². The predicted octanol–water partition coefficient (Wildman–Crippen LogP) is 2.86. The minimum Gasteiger partial charge on any atom is -0.253 e. The van der Waals surface area contributed by atoms with E-state index >= 15 is 0 Å². The molecule has 1 aliphatic rings. The molecule has 2 aromatic rings. The number of aryl methyl sites for hydroxylation is 1. The van der Waals surface area contributed by atoms with Gasteiger partial charge in [0.05, 0.1) is 17.5 Å². The van der Waals surface area contributed by atoms with Crippen molar-refractivity contribution in [3.05, 3.63) is 41.6 Å². The maximum Gasteiger partial charge on any atom is 0.0705 e. The van der Waals surface area contributed by atoms with Crippen LogP contribution >= 0.6 is 0 Å². The quantitative estimate of drug-likeness (QED) is 0.667. The van der Waals surface area contributed by atoms with Crippen LogP contribution in [0, 0.1) is 17.2 Å². The van der Waals surface area contributed by atoms with Crippen LogP contribution in [0.25, 0.3) is 10.9 Å². The summed E-state index contributed by atoms with van der Waals surface area (Å²) in [4.78, 5) is 4.66. The van der Waals surface area contributed by atoms with Crippen LogP contribution in [0.4, 0.5) is 0 Å². The Balaban J connectivity index is 2.14. The van der Waals surface area contributed by atoms with E-state index in [2.05, 4.69) is 23.2 Å². The lowest BCUT2D eigenvalue weighted by Gasteiger charge is -2.19. The first-order valence-corrected chi connectivity index (χ1v) is 5.64. The molecule has 1 heterocycles. The lowest BCUT2D eigenvalue weighted by molar-refractivity contribution is 0.555. The maximum absolute atomic E-state index is 8.95. The lowest BCUT2D eigenvalue weighted by atomic mass is 9.87. The largest absolute Gasteiger partial charge is 0.253 e.